The van der Waals surface area contributed by atoms with E-state index in [2.05, 4.69) is 57.6 Å². The minimum Gasteiger partial charge on any atom is -0.337 e. The van der Waals surface area contributed by atoms with Crippen molar-refractivity contribution in [2.45, 2.75) is 39.3 Å². The van der Waals surface area contributed by atoms with E-state index in [-0.39, 0.29) is 10.6 Å². The highest BCUT2D eigenvalue weighted by Crippen LogP contribution is 2.24. The number of imidazole rings is 1. The average Bonchev–Trinajstić information content (AvgIpc) is 3.45. The Kier molecular flexibility index (Phi) is 6.61. The van der Waals surface area contributed by atoms with E-state index >= 15 is 0 Å². The van der Waals surface area contributed by atoms with E-state index in [1.165, 1.54) is 5.56 Å². The molecule has 0 saturated heterocycles. The lowest BCUT2D eigenvalue weighted by Crippen LogP contribution is -2.17. The molecule has 0 spiro atoms. The van der Waals surface area contributed by atoms with Crippen molar-refractivity contribution in [2.75, 3.05) is 0 Å². The Hall–Kier alpha value is -3.52. The number of rotatable bonds is 8. The molecule has 0 unspecified atom stereocenters. The van der Waals surface area contributed by atoms with E-state index < -0.39 is 0 Å². The largest absolute Gasteiger partial charge is 0.337 e. The molecule has 2 aromatic carbocycles. The van der Waals surface area contributed by atoms with Gasteiger partial charge in [-0.1, -0.05) is 26.0 Å². The highest BCUT2D eigenvalue weighted by atomic mass is 32.1. The third-order valence-corrected chi connectivity index (χ3v) is 6.18. The van der Waals surface area contributed by atoms with Gasteiger partial charge in [0.15, 0.2) is 4.80 Å². The van der Waals surface area contributed by atoms with Gasteiger partial charge in [0.25, 0.3) is 5.69 Å². The maximum atomic E-state index is 11.0. The van der Waals surface area contributed by atoms with Gasteiger partial charge in [-0.05, 0) is 47.7 Å². The van der Waals surface area contributed by atoms with Gasteiger partial charge in [-0.25, -0.2) is 9.98 Å². The molecule has 0 aliphatic heterocycles. The Bertz CT molecular complexity index is 1240. The fourth-order valence-electron chi connectivity index (χ4n) is 3.49. The van der Waals surface area contributed by atoms with Crippen LogP contribution in [0.15, 0.2) is 77.6 Å². The topological polar surface area (TPSA) is 78.2 Å². The maximum Gasteiger partial charge on any atom is 0.269 e. The van der Waals surface area contributed by atoms with Crippen molar-refractivity contribution in [3.63, 3.8) is 0 Å². The summed E-state index contributed by atoms with van der Waals surface area (Å²) in [6.45, 7) is 5.98. The van der Waals surface area contributed by atoms with Crippen LogP contribution >= 0.6 is 11.3 Å². The zero-order chi connectivity index (χ0) is 22.5. The predicted molar refractivity (Wildman–Crippen MR) is 127 cm³/mol. The van der Waals surface area contributed by atoms with Crippen LogP contribution in [0.25, 0.3) is 11.3 Å². The summed E-state index contributed by atoms with van der Waals surface area (Å²) in [5.74, 6) is 0.479. The lowest BCUT2D eigenvalue weighted by Gasteiger charge is -2.10. The molecule has 2 aromatic heterocycles. The number of nitro groups is 1. The first-order valence-corrected chi connectivity index (χ1v) is 11.4. The lowest BCUT2D eigenvalue weighted by atomic mass is 10.0. The molecule has 0 amide bonds. The number of non-ortho nitro benzene ring substituents is 1. The van der Waals surface area contributed by atoms with Crippen LogP contribution in [0.4, 0.5) is 11.4 Å². The zero-order valence-corrected chi connectivity index (χ0v) is 18.9. The van der Waals surface area contributed by atoms with Crippen molar-refractivity contribution >= 4 is 22.7 Å². The van der Waals surface area contributed by atoms with Gasteiger partial charge in [-0.15, -0.1) is 11.3 Å². The fourth-order valence-corrected chi connectivity index (χ4v) is 4.45. The molecule has 0 saturated carbocycles. The standard InChI is InChI=1S/C24H25N5O2S/c1-18(2)19-4-8-21(9-5-19)26-24-28(14-3-13-27-15-12-25-17-27)23(16-32-24)20-6-10-22(11-7-20)29(30)31/h4-12,15-18H,3,13-14H2,1-2H3. The smallest absolute Gasteiger partial charge is 0.269 e. The molecule has 7 nitrogen and oxygen atoms in total. The second kappa shape index (κ2) is 9.74. The van der Waals surface area contributed by atoms with Gasteiger partial charge in [-0.3, -0.25) is 10.1 Å². The SMILES string of the molecule is CC(C)c1ccc(N=c2scc(-c3ccc([N+](=O)[O-])cc3)n2CCCn2ccnc2)cc1. The summed E-state index contributed by atoms with van der Waals surface area (Å²) < 4.78 is 4.25. The molecule has 0 fully saturated rings. The number of nitrogens with zero attached hydrogens (tertiary/aromatic N) is 5. The molecule has 2 heterocycles. The van der Waals surface area contributed by atoms with E-state index in [1.807, 2.05) is 12.5 Å². The van der Waals surface area contributed by atoms with Crippen LogP contribution in [0, 0.1) is 10.1 Å². The minimum atomic E-state index is -0.377. The van der Waals surface area contributed by atoms with Crippen LogP contribution < -0.4 is 4.80 Å². The molecule has 0 aliphatic rings. The van der Waals surface area contributed by atoms with Gasteiger partial charge in [0.1, 0.15) is 0 Å². The van der Waals surface area contributed by atoms with Gasteiger partial charge >= 0.3 is 0 Å². The van der Waals surface area contributed by atoms with Gasteiger partial charge < -0.3 is 9.13 Å². The Morgan fingerprint density at radius 2 is 1.84 bits per heavy atom. The van der Waals surface area contributed by atoms with E-state index in [0.717, 1.165) is 41.3 Å². The van der Waals surface area contributed by atoms with E-state index in [4.69, 9.17) is 4.99 Å². The lowest BCUT2D eigenvalue weighted by molar-refractivity contribution is -0.384. The molecule has 4 rings (SSSR count). The number of thiazole rings is 1. The Labute approximate surface area is 190 Å². The third kappa shape index (κ3) is 5.03. The van der Waals surface area contributed by atoms with Gasteiger partial charge in [-0.2, -0.15) is 0 Å². The van der Waals surface area contributed by atoms with E-state index in [0.29, 0.717) is 5.92 Å². The molecular formula is C24H25N5O2S. The average molecular weight is 448 g/mol. The minimum absolute atomic E-state index is 0.0887. The van der Waals surface area contributed by atoms with Crippen LogP contribution in [0.3, 0.4) is 0 Å². The van der Waals surface area contributed by atoms with Crippen LogP contribution in [-0.4, -0.2) is 19.0 Å². The molecule has 0 N–H and O–H groups in total. The third-order valence-electron chi connectivity index (χ3n) is 5.31. The first-order valence-electron chi connectivity index (χ1n) is 10.5. The Morgan fingerprint density at radius 1 is 1.09 bits per heavy atom. The van der Waals surface area contributed by atoms with Crippen molar-refractivity contribution in [3.8, 4) is 11.3 Å². The zero-order valence-electron chi connectivity index (χ0n) is 18.1. The molecular weight excluding hydrogens is 422 g/mol. The summed E-state index contributed by atoms with van der Waals surface area (Å²) in [7, 11) is 0. The molecule has 0 atom stereocenters. The monoisotopic (exact) mass is 447 g/mol. The highest BCUT2D eigenvalue weighted by molar-refractivity contribution is 7.07. The number of aromatic nitrogens is 3. The van der Waals surface area contributed by atoms with Crippen molar-refractivity contribution in [2.24, 2.45) is 4.99 Å². The maximum absolute atomic E-state index is 11.0. The van der Waals surface area contributed by atoms with E-state index in [1.54, 1.807) is 41.8 Å². The molecule has 164 valence electrons. The van der Waals surface area contributed by atoms with Crippen molar-refractivity contribution < 1.29 is 4.92 Å². The molecule has 0 radical (unpaired) electrons. The molecule has 0 aliphatic carbocycles. The Balaban J connectivity index is 1.67. The van der Waals surface area contributed by atoms with Gasteiger partial charge in [0, 0.05) is 43.0 Å². The summed E-state index contributed by atoms with van der Waals surface area (Å²) in [4.78, 5) is 20.6. The number of hydrogen-bond acceptors (Lipinski definition) is 5. The second-order valence-electron chi connectivity index (χ2n) is 7.87. The highest BCUT2D eigenvalue weighted by Gasteiger charge is 2.11. The Morgan fingerprint density at radius 3 is 2.47 bits per heavy atom. The normalized spacial score (nSPS) is 11.9. The summed E-state index contributed by atoms with van der Waals surface area (Å²) in [5, 5.41) is 13.1. The molecule has 4 aromatic rings. The number of benzene rings is 2. The van der Waals surface area contributed by atoms with Crippen LogP contribution in [-0.2, 0) is 13.1 Å². The van der Waals surface area contributed by atoms with Crippen LogP contribution in [0.5, 0.6) is 0 Å². The number of aryl methyl sites for hydroxylation is 1. The fraction of sp³-hybridized carbons (Fsp3) is 0.250. The second-order valence-corrected chi connectivity index (χ2v) is 8.71. The first kappa shape index (κ1) is 21.7. The predicted octanol–water partition coefficient (Wildman–Crippen LogP) is 5.77. The van der Waals surface area contributed by atoms with Crippen molar-refractivity contribution in [1.29, 1.82) is 0 Å². The van der Waals surface area contributed by atoms with Crippen LogP contribution in [0.2, 0.25) is 0 Å². The summed E-state index contributed by atoms with van der Waals surface area (Å²) in [6, 6.07) is 15.0. The summed E-state index contributed by atoms with van der Waals surface area (Å²) in [6.07, 6.45) is 6.46. The summed E-state index contributed by atoms with van der Waals surface area (Å²) >= 11 is 1.58. The van der Waals surface area contributed by atoms with E-state index in [9.17, 15) is 10.1 Å². The molecule has 8 heteroatoms. The molecule has 0 bridgehead atoms. The van der Waals surface area contributed by atoms with Crippen molar-refractivity contribution in [3.05, 3.63) is 93.1 Å². The number of hydrogen-bond donors (Lipinski definition) is 0. The van der Waals surface area contributed by atoms with Crippen LogP contribution in [0.1, 0.15) is 31.7 Å². The van der Waals surface area contributed by atoms with Gasteiger partial charge in [0.2, 0.25) is 0 Å². The molecule has 32 heavy (non-hydrogen) atoms. The van der Waals surface area contributed by atoms with Gasteiger partial charge in [0.05, 0.1) is 22.6 Å². The summed E-state index contributed by atoms with van der Waals surface area (Å²) in [5.41, 5.74) is 4.23. The first-order chi connectivity index (χ1) is 15.5. The quantitative estimate of drug-likeness (QED) is 0.254. The number of nitro benzene ring substituents is 1. The van der Waals surface area contributed by atoms with Crippen molar-refractivity contribution in [1.82, 2.24) is 14.1 Å².